The van der Waals surface area contributed by atoms with Crippen LogP contribution in [0, 0.1) is 0 Å². The Balaban J connectivity index is -0.000000605. The first-order valence-corrected chi connectivity index (χ1v) is 7.42. The van der Waals surface area contributed by atoms with Gasteiger partial charge in [-0.15, -0.1) is 0 Å². The van der Waals surface area contributed by atoms with Gasteiger partial charge in [0.25, 0.3) is 10.1 Å². The minimum Gasteiger partial charge on any atom is -1.00 e. The van der Waals surface area contributed by atoms with Crippen LogP contribution < -0.4 is 51.4 Å². The van der Waals surface area contributed by atoms with E-state index in [9.17, 15) is 8.42 Å². The van der Waals surface area contributed by atoms with Crippen LogP contribution in [0.2, 0.25) is 0 Å². The third kappa shape index (κ3) is 9.07. The molecule has 0 fully saturated rings. The summed E-state index contributed by atoms with van der Waals surface area (Å²) >= 11 is 0. The largest absolute Gasteiger partial charge is 1.00 e. The third-order valence-electron chi connectivity index (χ3n) is 1.38. The standard InChI is InChI=1S/C3H14O5SSi3.K.H/c4-9(5,8-12)2-1-3(6-10)7-11;;/h3H,1-2H2,10-12H3;;/q;+1;-1. The van der Waals surface area contributed by atoms with Gasteiger partial charge in [0, 0.05) is 6.42 Å². The van der Waals surface area contributed by atoms with Crippen LogP contribution in [0.25, 0.3) is 0 Å². The third-order valence-corrected chi connectivity index (χ3v) is 5.20. The van der Waals surface area contributed by atoms with Gasteiger partial charge < -0.3 is 14.2 Å². The van der Waals surface area contributed by atoms with Crippen molar-refractivity contribution in [2.45, 2.75) is 12.7 Å². The molecule has 0 saturated heterocycles. The molecule has 10 heteroatoms. The monoisotopic (exact) mass is 286 g/mol. The summed E-state index contributed by atoms with van der Waals surface area (Å²) in [5, 5.41) is 0. The molecule has 76 valence electrons. The van der Waals surface area contributed by atoms with Gasteiger partial charge in [-0.05, 0) is 0 Å². The van der Waals surface area contributed by atoms with Gasteiger partial charge >= 0.3 is 51.4 Å². The second-order valence-corrected chi connectivity index (χ2v) is 5.92. The van der Waals surface area contributed by atoms with Crippen molar-refractivity contribution in [3.05, 3.63) is 0 Å². The summed E-state index contributed by atoms with van der Waals surface area (Å²) in [6.45, 7) is 0. The Hall–Kier alpha value is 2.12. The van der Waals surface area contributed by atoms with E-state index in [-0.39, 0.29) is 75.3 Å². The quantitative estimate of drug-likeness (QED) is 0.359. The Morgan fingerprint density at radius 2 is 1.69 bits per heavy atom. The summed E-state index contributed by atoms with van der Waals surface area (Å²) in [7, 11) is -1.98. The summed E-state index contributed by atoms with van der Waals surface area (Å²) in [6, 6.07) is 0. The first-order valence-electron chi connectivity index (χ1n) is 3.39. The fourth-order valence-electron chi connectivity index (χ4n) is 0.656. The van der Waals surface area contributed by atoms with Crippen molar-refractivity contribution in [1.82, 2.24) is 0 Å². The minimum absolute atomic E-state index is 0. The second kappa shape index (κ2) is 9.35. The van der Waals surface area contributed by atoms with E-state index in [0.29, 0.717) is 27.4 Å². The van der Waals surface area contributed by atoms with Crippen molar-refractivity contribution < 1.29 is 74.0 Å². The molecule has 0 saturated carbocycles. The Morgan fingerprint density at radius 3 is 2.00 bits per heavy atom. The molecule has 0 bridgehead atoms. The summed E-state index contributed by atoms with van der Waals surface area (Å²) in [4.78, 5) is 0. The molecule has 0 aromatic heterocycles. The van der Waals surface area contributed by atoms with Crippen molar-refractivity contribution in [2.75, 3.05) is 5.75 Å². The number of hydrogen-bond donors (Lipinski definition) is 0. The maximum Gasteiger partial charge on any atom is 1.00 e. The molecule has 0 aliphatic carbocycles. The fraction of sp³-hybridized carbons (Fsp3) is 1.00. The average molecular weight is 287 g/mol. The van der Waals surface area contributed by atoms with Crippen molar-refractivity contribution in [2.24, 2.45) is 0 Å². The van der Waals surface area contributed by atoms with Crippen LogP contribution in [0.5, 0.6) is 0 Å². The topological polar surface area (TPSA) is 61.8 Å². The molecule has 0 N–H and O–H groups in total. The zero-order chi connectivity index (χ0) is 9.61. The average Bonchev–Trinajstić information content (AvgIpc) is 2.06. The van der Waals surface area contributed by atoms with E-state index < -0.39 is 10.1 Å². The number of hydrogen-bond acceptors (Lipinski definition) is 5. The maximum absolute atomic E-state index is 10.9. The zero-order valence-electron chi connectivity index (χ0n) is 9.44. The normalized spacial score (nSPS) is 14.2. The Morgan fingerprint density at radius 1 is 1.23 bits per heavy atom. The molecular formula is C3H15KO5SSi3. The van der Waals surface area contributed by atoms with Crippen molar-refractivity contribution in [3.8, 4) is 0 Å². The molecule has 5 nitrogen and oxygen atoms in total. The van der Waals surface area contributed by atoms with Crippen LogP contribution in [-0.2, 0) is 22.8 Å². The molecule has 0 aliphatic rings. The predicted molar refractivity (Wildman–Crippen MR) is 56.4 cm³/mol. The van der Waals surface area contributed by atoms with E-state index in [0.717, 1.165) is 0 Å². The van der Waals surface area contributed by atoms with Crippen LogP contribution in [0.15, 0.2) is 0 Å². The molecule has 0 aromatic carbocycles. The van der Waals surface area contributed by atoms with Crippen LogP contribution >= 0.6 is 0 Å². The smallest absolute Gasteiger partial charge is 1.00 e. The molecule has 0 rings (SSSR count). The molecule has 0 amide bonds. The molecule has 0 atom stereocenters. The van der Waals surface area contributed by atoms with Gasteiger partial charge in [-0.2, -0.15) is 0 Å². The van der Waals surface area contributed by atoms with E-state index in [4.69, 9.17) is 8.85 Å². The fourth-order valence-corrected chi connectivity index (χ4v) is 3.04. The van der Waals surface area contributed by atoms with Crippen molar-refractivity contribution >= 4 is 41.6 Å². The van der Waals surface area contributed by atoms with Crippen LogP contribution in [0.4, 0.5) is 0 Å². The van der Waals surface area contributed by atoms with Crippen LogP contribution in [0.1, 0.15) is 7.85 Å². The predicted octanol–water partition coefficient (Wildman–Crippen LogP) is -6.96. The molecule has 0 aromatic rings. The van der Waals surface area contributed by atoms with Gasteiger partial charge in [0.15, 0.2) is 10.5 Å². The molecule has 0 unspecified atom stereocenters. The first-order chi connectivity index (χ1) is 5.55. The van der Waals surface area contributed by atoms with Gasteiger partial charge in [-0.25, -0.2) is 8.42 Å². The second-order valence-electron chi connectivity index (χ2n) is 2.12. The van der Waals surface area contributed by atoms with Gasteiger partial charge in [0.2, 0.25) is 0 Å². The van der Waals surface area contributed by atoms with Gasteiger partial charge in [-0.3, -0.25) is 0 Å². The molecule has 0 radical (unpaired) electrons. The Labute approximate surface area is 132 Å². The van der Waals surface area contributed by atoms with Gasteiger partial charge in [0.1, 0.15) is 27.3 Å². The van der Waals surface area contributed by atoms with Crippen molar-refractivity contribution in [3.63, 3.8) is 0 Å². The molecular weight excluding hydrogens is 271 g/mol. The molecule has 0 spiro atoms. The summed E-state index contributed by atoms with van der Waals surface area (Å²) < 4.78 is 36.1. The Bertz CT molecular complexity index is 210. The zero-order valence-corrected chi connectivity index (χ0v) is 18.4. The number of rotatable bonds is 6. The van der Waals surface area contributed by atoms with Gasteiger partial charge in [-0.1, -0.05) is 0 Å². The van der Waals surface area contributed by atoms with E-state index in [1.165, 1.54) is 0 Å². The first kappa shape index (κ1) is 17.5. The molecule has 0 heterocycles. The van der Waals surface area contributed by atoms with E-state index in [2.05, 4.69) is 3.87 Å². The summed E-state index contributed by atoms with van der Waals surface area (Å²) in [6.07, 6.45) is 0.00678. The van der Waals surface area contributed by atoms with Crippen molar-refractivity contribution in [1.29, 1.82) is 0 Å². The summed E-state index contributed by atoms with van der Waals surface area (Å²) in [5.74, 6) is -0.0222. The molecule has 0 aliphatic heterocycles. The van der Waals surface area contributed by atoms with Gasteiger partial charge in [0.05, 0.1) is 5.75 Å². The van der Waals surface area contributed by atoms with E-state index in [1.807, 2.05) is 0 Å². The minimum atomic E-state index is -3.30. The Kier molecular flexibility index (Phi) is 12.6. The molecule has 13 heavy (non-hydrogen) atoms. The summed E-state index contributed by atoms with van der Waals surface area (Å²) in [5.41, 5.74) is 0. The van der Waals surface area contributed by atoms with E-state index >= 15 is 0 Å². The van der Waals surface area contributed by atoms with Crippen LogP contribution in [0.3, 0.4) is 0 Å². The SMILES string of the molecule is O=S(=O)(CCC(O[SiH3])O[SiH3])O[SiH3].[H-].[K+]. The maximum atomic E-state index is 10.9. The van der Waals surface area contributed by atoms with Crippen LogP contribution in [-0.4, -0.2) is 51.9 Å². The van der Waals surface area contributed by atoms with E-state index in [1.54, 1.807) is 0 Å².